The molecule has 0 aliphatic rings. The van der Waals surface area contributed by atoms with Gasteiger partial charge in [-0.3, -0.25) is 4.79 Å². The van der Waals surface area contributed by atoms with Gasteiger partial charge in [-0.05, 0) is 30.7 Å². The summed E-state index contributed by atoms with van der Waals surface area (Å²) in [6.07, 6.45) is 4.25. The van der Waals surface area contributed by atoms with E-state index < -0.39 is 0 Å². The third kappa shape index (κ3) is 4.19. The van der Waals surface area contributed by atoms with Gasteiger partial charge in [0.05, 0.1) is 22.0 Å². The molecule has 5 nitrogen and oxygen atoms in total. The molecule has 0 fully saturated rings. The zero-order valence-corrected chi connectivity index (χ0v) is 16.4. The topological polar surface area (TPSA) is 81.8 Å². The lowest BCUT2D eigenvalue weighted by atomic mass is 10.0. The van der Waals surface area contributed by atoms with Gasteiger partial charge in [-0.1, -0.05) is 43.4 Å². The zero-order valence-electron chi connectivity index (χ0n) is 15.7. The van der Waals surface area contributed by atoms with Crippen molar-refractivity contribution in [1.82, 2.24) is 15.0 Å². The normalized spacial score (nSPS) is 10.2. The predicted molar refractivity (Wildman–Crippen MR) is 111 cm³/mol. The van der Waals surface area contributed by atoms with Crippen molar-refractivity contribution in [3.05, 3.63) is 70.3 Å². The molecular weight excluding hydrogens is 372 g/mol. The van der Waals surface area contributed by atoms with Crippen molar-refractivity contribution < 1.29 is 4.79 Å². The molecule has 0 spiro atoms. The van der Waals surface area contributed by atoms with Crippen molar-refractivity contribution >= 4 is 23.2 Å². The number of hydrogen-bond acceptors (Lipinski definition) is 5. The molecule has 0 amide bonds. The average molecular weight is 391 g/mol. The molecule has 140 valence electrons. The fraction of sp³-hybridized carbons (Fsp3) is 0.182. The van der Waals surface area contributed by atoms with Gasteiger partial charge in [0.15, 0.2) is 5.78 Å². The number of aromatic nitrogens is 3. The number of nitrogens with two attached hydrogens (primary N) is 1. The van der Waals surface area contributed by atoms with E-state index in [9.17, 15) is 4.79 Å². The number of pyridine rings is 1. The Morgan fingerprint density at radius 1 is 1.11 bits per heavy atom. The molecule has 2 heterocycles. The van der Waals surface area contributed by atoms with Crippen molar-refractivity contribution in [2.75, 3.05) is 5.73 Å². The summed E-state index contributed by atoms with van der Waals surface area (Å²) in [5.41, 5.74) is 9.91. The van der Waals surface area contributed by atoms with Crippen LogP contribution in [0.5, 0.6) is 0 Å². The lowest BCUT2D eigenvalue weighted by Crippen LogP contribution is -2.01. The number of carbonyl (C=O) groups excluding carboxylic acids is 1. The van der Waals surface area contributed by atoms with Crippen LogP contribution in [0, 0.1) is 11.8 Å². The fourth-order valence-electron chi connectivity index (χ4n) is 2.73. The first-order chi connectivity index (χ1) is 13.5. The lowest BCUT2D eigenvalue weighted by Gasteiger charge is -2.09. The smallest absolute Gasteiger partial charge is 0.164 e. The maximum absolute atomic E-state index is 12.0. The molecule has 28 heavy (non-hydrogen) atoms. The van der Waals surface area contributed by atoms with E-state index in [-0.39, 0.29) is 5.78 Å². The molecule has 1 aromatic carbocycles. The first kappa shape index (κ1) is 19.5. The van der Waals surface area contributed by atoms with Crippen LogP contribution in [0.3, 0.4) is 0 Å². The molecule has 3 rings (SSSR count). The number of hydrogen-bond donors (Lipinski definition) is 1. The van der Waals surface area contributed by atoms with Gasteiger partial charge in [0.1, 0.15) is 12.1 Å². The predicted octanol–water partition coefficient (Wildman–Crippen LogP) is 4.33. The molecule has 2 N–H and O–H groups in total. The van der Waals surface area contributed by atoms with Crippen LogP contribution in [0.2, 0.25) is 5.02 Å². The highest BCUT2D eigenvalue weighted by Crippen LogP contribution is 2.28. The van der Waals surface area contributed by atoms with Gasteiger partial charge in [-0.25, -0.2) is 15.0 Å². The molecule has 0 radical (unpaired) electrons. The Bertz CT molecular complexity index is 1080. The van der Waals surface area contributed by atoms with Gasteiger partial charge in [0, 0.05) is 29.3 Å². The number of halogens is 1. The molecule has 0 bridgehead atoms. The van der Waals surface area contributed by atoms with Gasteiger partial charge < -0.3 is 5.73 Å². The second kappa shape index (κ2) is 8.64. The Hall–Kier alpha value is -3.23. The van der Waals surface area contributed by atoms with Gasteiger partial charge in [0.2, 0.25) is 0 Å². The number of nitrogens with zero attached hydrogens (tertiary/aromatic N) is 3. The van der Waals surface area contributed by atoms with Crippen LogP contribution in [0.4, 0.5) is 5.82 Å². The number of anilines is 1. The van der Waals surface area contributed by atoms with Crippen LogP contribution in [-0.4, -0.2) is 20.7 Å². The molecule has 0 saturated heterocycles. The number of carbonyl (C=O) groups is 1. The lowest BCUT2D eigenvalue weighted by molar-refractivity contribution is 0.0988. The highest BCUT2D eigenvalue weighted by atomic mass is 35.5. The molecule has 0 saturated carbocycles. The van der Waals surface area contributed by atoms with Crippen molar-refractivity contribution in [1.29, 1.82) is 0 Å². The third-order valence-corrected chi connectivity index (χ3v) is 4.56. The Balaban J connectivity index is 2.09. The number of rotatable bonds is 4. The summed E-state index contributed by atoms with van der Waals surface area (Å²) in [4.78, 5) is 24.8. The van der Waals surface area contributed by atoms with Gasteiger partial charge in [-0.2, -0.15) is 0 Å². The minimum atomic E-state index is 0.00403. The Kier molecular flexibility index (Phi) is 6.03. The number of ketones is 1. The van der Waals surface area contributed by atoms with Crippen LogP contribution in [0.15, 0.2) is 42.9 Å². The van der Waals surface area contributed by atoms with Crippen molar-refractivity contribution in [3.63, 3.8) is 0 Å². The Morgan fingerprint density at radius 3 is 2.57 bits per heavy atom. The van der Waals surface area contributed by atoms with E-state index in [1.54, 1.807) is 24.4 Å². The summed E-state index contributed by atoms with van der Waals surface area (Å²) in [7, 11) is 0. The monoisotopic (exact) mass is 390 g/mol. The summed E-state index contributed by atoms with van der Waals surface area (Å²) in [6.45, 7) is 3.82. The Morgan fingerprint density at radius 2 is 1.93 bits per heavy atom. The minimum Gasteiger partial charge on any atom is -0.384 e. The van der Waals surface area contributed by atoms with Gasteiger partial charge in [0.25, 0.3) is 0 Å². The number of aryl methyl sites for hydroxylation is 1. The second-order valence-electron chi connectivity index (χ2n) is 6.09. The quantitative estimate of drug-likeness (QED) is 0.529. The summed E-state index contributed by atoms with van der Waals surface area (Å²) in [6, 6.07) is 8.84. The first-order valence-electron chi connectivity index (χ1n) is 8.94. The molecule has 6 heteroatoms. The zero-order chi connectivity index (χ0) is 20.1. The van der Waals surface area contributed by atoms with E-state index in [4.69, 9.17) is 17.3 Å². The standard InChI is InChI=1S/C22H19ClN4O/c1-3-19-17(8-5-14-6-10-21(24)25-12-14)22(27-13-26-19)15-7-9-16(18(23)11-15)20(28)4-2/h6-7,9-13H,3-4H2,1-2H3,(H2,24,25). The van der Waals surface area contributed by atoms with Crippen molar-refractivity contribution in [2.45, 2.75) is 26.7 Å². The summed E-state index contributed by atoms with van der Waals surface area (Å²) in [5.74, 6) is 6.71. The molecule has 0 unspecified atom stereocenters. The fourth-order valence-corrected chi connectivity index (χ4v) is 3.02. The van der Waals surface area contributed by atoms with E-state index in [0.717, 1.165) is 22.4 Å². The highest BCUT2D eigenvalue weighted by molar-refractivity contribution is 6.34. The number of Topliss-reactive ketones (excluding diaryl/α,β-unsaturated/α-hetero) is 1. The van der Waals surface area contributed by atoms with Crippen LogP contribution in [0.1, 0.15) is 47.4 Å². The molecular formula is C22H19ClN4O. The van der Waals surface area contributed by atoms with Crippen molar-refractivity contribution in [2.24, 2.45) is 0 Å². The SMILES string of the molecule is CCC(=O)c1ccc(-c2ncnc(CC)c2C#Cc2ccc(N)nc2)cc1Cl. The van der Waals surface area contributed by atoms with Crippen molar-refractivity contribution in [3.8, 4) is 23.1 Å². The summed E-state index contributed by atoms with van der Waals surface area (Å²) >= 11 is 6.35. The highest BCUT2D eigenvalue weighted by Gasteiger charge is 2.14. The van der Waals surface area contributed by atoms with E-state index in [2.05, 4.69) is 26.8 Å². The molecule has 0 atom stereocenters. The van der Waals surface area contributed by atoms with E-state index in [1.165, 1.54) is 6.33 Å². The third-order valence-electron chi connectivity index (χ3n) is 4.24. The van der Waals surface area contributed by atoms with E-state index in [0.29, 0.717) is 34.9 Å². The maximum atomic E-state index is 12.0. The minimum absolute atomic E-state index is 0.00403. The summed E-state index contributed by atoms with van der Waals surface area (Å²) in [5, 5.41) is 0.405. The van der Waals surface area contributed by atoms with Crippen LogP contribution >= 0.6 is 11.6 Å². The number of benzene rings is 1. The second-order valence-corrected chi connectivity index (χ2v) is 6.50. The Labute approximate surface area is 169 Å². The van der Waals surface area contributed by atoms with Crippen LogP contribution < -0.4 is 5.73 Å². The molecule has 2 aromatic heterocycles. The largest absolute Gasteiger partial charge is 0.384 e. The molecule has 3 aromatic rings. The van der Waals surface area contributed by atoms with E-state index in [1.807, 2.05) is 26.0 Å². The first-order valence-corrected chi connectivity index (χ1v) is 9.31. The van der Waals surface area contributed by atoms with E-state index >= 15 is 0 Å². The van der Waals surface area contributed by atoms with Gasteiger partial charge >= 0.3 is 0 Å². The molecule has 0 aliphatic carbocycles. The number of nitrogen functional groups attached to an aromatic ring is 1. The van der Waals surface area contributed by atoms with Crippen LogP contribution in [0.25, 0.3) is 11.3 Å². The van der Waals surface area contributed by atoms with Gasteiger partial charge in [-0.15, -0.1) is 0 Å². The maximum Gasteiger partial charge on any atom is 0.164 e. The molecule has 0 aliphatic heterocycles. The average Bonchev–Trinajstić information content (AvgIpc) is 2.72. The summed E-state index contributed by atoms with van der Waals surface area (Å²) < 4.78 is 0. The van der Waals surface area contributed by atoms with Crippen LogP contribution in [-0.2, 0) is 6.42 Å².